The van der Waals surface area contributed by atoms with Gasteiger partial charge in [0.05, 0.1) is 6.54 Å². The second-order valence-corrected chi connectivity index (χ2v) is 7.49. The van der Waals surface area contributed by atoms with Crippen molar-refractivity contribution >= 4 is 52.2 Å². The molecule has 0 bridgehead atoms. The molecule has 16 heteroatoms. The first-order valence-electron chi connectivity index (χ1n) is 9.11. The first-order chi connectivity index (χ1) is 15.2. The zero-order valence-electron chi connectivity index (χ0n) is 16.7. The zero-order valence-corrected chi connectivity index (χ0v) is 17.5. The summed E-state index contributed by atoms with van der Waals surface area (Å²) in [5.74, 6) is -2.83. The number of nitrogen functional groups attached to an aromatic ring is 1. The molecule has 1 unspecified atom stereocenters. The van der Waals surface area contributed by atoms with Crippen molar-refractivity contribution in [1.29, 1.82) is 0 Å². The van der Waals surface area contributed by atoms with Gasteiger partial charge in [-0.25, -0.2) is 24.3 Å². The standard InChI is InChI=1S/C16H19N7O8S/c1-29-22-9(8-6-32-13(17)21-8)10(24)20-7-5-23(11(7)25)15(28)30-12(26)16(31-14(18)27)3-2-4-19-16/h6-7,19H,2-5H2,1H3,(H2,17,21)(H2,18,27)(H,20,24)/t7?,16-/m1/s1. The van der Waals surface area contributed by atoms with Crippen molar-refractivity contribution in [2.75, 3.05) is 25.9 Å². The van der Waals surface area contributed by atoms with Gasteiger partial charge in [0.25, 0.3) is 17.5 Å². The van der Waals surface area contributed by atoms with Crippen LogP contribution in [-0.4, -0.2) is 77.5 Å². The number of β-lactam (4-membered cyclic amide) rings is 1. The molecule has 15 nitrogen and oxygen atoms in total. The van der Waals surface area contributed by atoms with E-state index in [0.717, 1.165) is 11.3 Å². The van der Waals surface area contributed by atoms with Gasteiger partial charge in [-0.1, -0.05) is 5.16 Å². The highest BCUT2D eigenvalue weighted by Gasteiger charge is 2.50. The number of carbonyl (C=O) groups excluding carboxylic acids is 5. The number of hydrogen-bond acceptors (Lipinski definition) is 13. The summed E-state index contributed by atoms with van der Waals surface area (Å²) in [6.45, 7) is 0.0522. The predicted octanol–water partition coefficient (Wildman–Crippen LogP) is -1.76. The molecule has 1 aromatic rings. The van der Waals surface area contributed by atoms with E-state index < -0.39 is 41.7 Å². The molecule has 4 amide bonds. The first-order valence-corrected chi connectivity index (χ1v) is 9.99. The van der Waals surface area contributed by atoms with E-state index in [4.69, 9.17) is 16.2 Å². The van der Waals surface area contributed by atoms with E-state index >= 15 is 0 Å². The summed E-state index contributed by atoms with van der Waals surface area (Å²) in [7, 11) is 1.22. The quantitative estimate of drug-likeness (QED) is 0.120. The Morgan fingerprint density at radius 2 is 2.16 bits per heavy atom. The molecule has 0 spiro atoms. The number of rotatable bonds is 6. The van der Waals surface area contributed by atoms with E-state index in [1.54, 1.807) is 0 Å². The fourth-order valence-electron chi connectivity index (χ4n) is 3.02. The molecule has 0 saturated carbocycles. The Morgan fingerprint density at radius 1 is 1.41 bits per heavy atom. The maximum atomic E-state index is 12.5. The summed E-state index contributed by atoms with van der Waals surface area (Å²) in [4.78, 5) is 69.6. The molecule has 2 aliphatic rings. The number of likely N-dealkylation sites (tertiary alicyclic amines) is 1. The van der Waals surface area contributed by atoms with Gasteiger partial charge in [-0.2, -0.15) is 0 Å². The van der Waals surface area contributed by atoms with Gasteiger partial charge in [-0.15, -0.1) is 11.3 Å². The smallest absolute Gasteiger partial charge is 0.416 e. The monoisotopic (exact) mass is 469 g/mol. The molecule has 2 saturated heterocycles. The Bertz CT molecular complexity index is 987. The number of nitrogens with zero attached hydrogens (tertiary/aromatic N) is 3. The SMILES string of the molecule is CON=C(C(=O)NC1CN(C(=O)OC(=O)[C@]2(OC(N)=O)CCCN2)C1=O)c1csc(N)n1. The third-order valence-electron chi connectivity index (χ3n) is 4.52. The number of amides is 4. The van der Waals surface area contributed by atoms with Crippen LogP contribution in [0.25, 0.3) is 0 Å². The highest BCUT2D eigenvalue weighted by molar-refractivity contribution is 7.13. The van der Waals surface area contributed by atoms with Crippen molar-refractivity contribution in [2.45, 2.75) is 24.6 Å². The lowest BCUT2D eigenvalue weighted by atomic mass is 10.1. The minimum absolute atomic E-state index is 0.0391. The molecule has 2 atom stereocenters. The Morgan fingerprint density at radius 3 is 2.69 bits per heavy atom. The lowest BCUT2D eigenvalue weighted by molar-refractivity contribution is -0.163. The molecule has 6 N–H and O–H groups in total. The predicted molar refractivity (Wildman–Crippen MR) is 106 cm³/mol. The first kappa shape index (κ1) is 22.9. The van der Waals surface area contributed by atoms with Gasteiger partial charge >= 0.3 is 18.2 Å². The van der Waals surface area contributed by atoms with Gasteiger partial charge in [0, 0.05) is 11.8 Å². The third kappa shape index (κ3) is 4.59. The minimum Gasteiger partial charge on any atom is -0.416 e. The molecule has 0 aromatic carbocycles. The van der Waals surface area contributed by atoms with Crippen LogP contribution in [-0.2, 0) is 28.7 Å². The number of aromatic nitrogens is 1. The number of esters is 1. The molecular formula is C16H19N7O8S. The van der Waals surface area contributed by atoms with Crippen LogP contribution in [0.1, 0.15) is 18.5 Å². The number of nitrogens with one attached hydrogen (secondary N) is 2. The molecule has 0 aliphatic carbocycles. The Balaban J connectivity index is 1.58. The number of primary amides is 1. The van der Waals surface area contributed by atoms with Gasteiger partial charge in [0.1, 0.15) is 18.8 Å². The average Bonchev–Trinajstić information content (AvgIpc) is 3.37. The normalized spacial score (nSPS) is 22.7. The van der Waals surface area contributed by atoms with Crippen molar-refractivity contribution < 1.29 is 38.3 Å². The van der Waals surface area contributed by atoms with E-state index in [9.17, 15) is 24.0 Å². The number of hydrogen-bond donors (Lipinski definition) is 4. The number of anilines is 1. The van der Waals surface area contributed by atoms with Crippen molar-refractivity contribution in [2.24, 2.45) is 10.9 Å². The molecule has 2 fully saturated rings. The van der Waals surface area contributed by atoms with Gasteiger partial charge in [0.2, 0.25) is 0 Å². The van der Waals surface area contributed by atoms with Crippen LogP contribution in [0.15, 0.2) is 10.5 Å². The topological polar surface area (TPSA) is 218 Å². The number of ether oxygens (including phenoxy) is 2. The molecule has 2 aliphatic heterocycles. The summed E-state index contributed by atoms with van der Waals surface area (Å²) in [5.41, 5.74) is 8.54. The van der Waals surface area contributed by atoms with Crippen LogP contribution >= 0.6 is 11.3 Å². The van der Waals surface area contributed by atoms with Gasteiger partial charge in [0.15, 0.2) is 10.8 Å². The fourth-order valence-corrected chi connectivity index (χ4v) is 3.57. The van der Waals surface area contributed by atoms with Crippen molar-refractivity contribution in [3.05, 3.63) is 11.1 Å². The molecular weight excluding hydrogens is 450 g/mol. The summed E-state index contributed by atoms with van der Waals surface area (Å²) in [6, 6.07) is -1.08. The molecule has 3 heterocycles. The van der Waals surface area contributed by atoms with Crippen molar-refractivity contribution in [1.82, 2.24) is 20.5 Å². The lowest BCUT2D eigenvalue weighted by Gasteiger charge is -2.36. The Hall–Kier alpha value is -3.79. The summed E-state index contributed by atoms with van der Waals surface area (Å²) in [5, 5.41) is 10.3. The number of oxime groups is 1. The van der Waals surface area contributed by atoms with Crippen LogP contribution in [0.5, 0.6) is 0 Å². The van der Waals surface area contributed by atoms with E-state index in [1.807, 2.05) is 0 Å². The fraction of sp³-hybridized carbons (Fsp3) is 0.438. The Labute approximate surface area is 184 Å². The molecule has 1 aromatic heterocycles. The average molecular weight is 469 g/mol. The second kappa shape index (κ2) is 9.15. The maximum Gasteiger partial charge on any atom is 0.424 e. The number of imide groups is 1. The summed E-state index contributed by atoms with van der Waals surface area (Å²) >= 11 is 1.08. The third-order valence-corrected chi connectivity index (χ3v) is 5.19. The van der Waals surface area contributed by atoms with Gasteiger partial charge < -0.3 is 31.1 Å². The maximum absolute atomic E-state index is 12.5. The van der Waals surface area contributed by atoms with Crippen LogP contribution in [0.4, 0.5) is 14.7 Å². The zero-order chi connectivity index (χ0) is 23.5. The minimum atomic E-state index is -1.90. The van der Waals surface area contributed by atoms with E-state index in [2.05, 4.69) is 30.3 Å². The van der Waals surface area contributed by atoms with Crippen molar-refractivity contribution in [3.63, 3.8) is 0 Å². The molecule has 3 rings (SSSR count). The second-order valence-electron chi connectivity index (χ2n) is 6.60. The van der Waals surface area contributed by atoms with Crippen molar-refractivity contribution in [3.8, 4) is 0 Å². The molecule has 32 heavy (non-hydrogen) atoms. The van der Waals surface area contributed by atoms with Crippen LogP contribution in [0, 0.1) is 0 Å². The lowest BCUT2D eigenvalue weighted by Crippen LogP contribution is -2.66. The van der Waals surface area contributed by atoms with E-state index in [1.165, 1.54) is 12.5 Å². The van der Waals surface area contributed by atoms with Gasteiger partial charge in [-0.05, 0) is 13.0 Å². The van der Waals surface area contributed by atoms with Crippen LogP contribution in [0.3, 0.4) is 0 Å². The molecule has 0 radical (unpaired) electrons. The number of carbonyl (C=O) groups is 5. The van der Waals surface area contributed by atoms with Crippen LogP contribution in [0.2, 0.25) is 0 Å². The van der Waals surface area contributed by atoms with Crippen LogP contribution < -0.4 is 22.1 Å². The van der Waals surface area contributed by atoms with E-state index in [-0.39, 0.29) is 29.5 Å². The highest BCUT2D eigenvalue weighted by atomic mass is 32.1. The van der Waals surface area contributed by atoms with E-state index in [0.29, 0.717) is 17.9 Å². The van der Waals surface area contributed by atoms with Gasteiger partial charge in [-0.3, -0.25) is 14.9 Å². The highest BCUT2D eigenvalue weighted by Crippen LogP contribution is 2.24. The molecule has 172 valence electrons. The number of thiazole rings is 1. The Kier molecular flexibility index (Phi) is 6.54. The summed E-state index contributed by atoms with van der Waals surface area (Å²) < 4.78 is 9.47. The summed E-state index contributed by atoms with van der Waals surface area (Å²) in [6.07, 6.45) is -2.02. The largest absolute Gasteiger partial charge is 0.424 e. The number of nitrogens with two attached hydrogens (primary N) is 2.